The van der Waals surface area contributed by atoms with Crippen LogP contribution in [0.25, 0.3) is 0 Å². The Kier molecular flexibility index (Phi) is 3.87. The Hall–Kier alpha value is -1.55. The van der Waals surface area contributed by atoms with Crippen molar-refractivity contribution in [1.29, 1.82) is 0 Å². The monoisotopic (exact) mass is 309 g/mol. The third kappa shape index (κ3) is 2.64. The van der Waals surface area contributed by atoms with Crippen LogP contribution in [0, 0.1) is 5.82 Å². The molecule has 0 fully saturated rings. The Balaban J connectivity index is 2.29. The summed E-state index contributed by atoms with van der Waals surface area (Å²) in [5, 5.41) is 0. The first-order chi connectivity index (χ1) is 8.61. The molecule has 0 aliphatic heterocycles. The van der Waals surface area contributed by atoms with Crippen LogP contribution in [-0.4, -0.2) is 7.11 Å². The van der Waals surface area contributed by atoms with Crippen LogP contribution in [0.2, 0.25) is 0 Å². The molecule has 0 heterocycles. The highest BCUT2D eigenvalue weighted by Crippen LogP contribution is 2.34. The Morgan fingerprint density at radius 3 is 2.44 bits per heavy atom. The molecule has 0 spiro atoms. The van der Waals surface area contributed by atoms with Gasteiger partial charge in [0.2, 0.25) is 0 Å². The summed E-state index contributed by atoms with van der Waals surface area (Å²) in [7, 11) is 1.60. The molecule has 0 saturated carbocycles. The van der Waals surface area contributed by atoms with E-state index in [1.54, 1.807) is 19.2 Å². The highest BCUT2D eigenvalue weighted by Gasteiger charge is 2.09. The van der Waals surface area contributed by atoms with Crippen LogP contribution in [0.15, 0.2) is 40.9 Å². The standard InChI is InChI=1S/C14H13BrFNO/c1-18-12-7-4-10(14(17)13(12)15)8-9-2-5-11(16)6-3-9/h2-7H,8,17H2,1H3. The predicted molar refractivity (Wildman–Crippen MR) is 74.3 cm³/mol. The molecular weight excluding hydrogens is 297 g/mol. The molecule has 0 aliphatic rings. The second-order valence-corrected chi connectivity index (χ2v) is 4.75. The molecule has 0 bridgehead atoms. The van der Waals surface area contributed by atoms with Gasteiger partial charge < -0.3 is 10.5 Å². The lowest BCUT2D eigenvalue weighted by Crippen LogP contribution is -1.99. The van der Waals surface area contributed by atoms with Crippen LogP contribution in [0.3, 0.4) is 0 Å². The average Bonchev–Trinajstić information content (AvgIpc) is 2.38. The molecule has 0 unspecified atom stereocenters. The molecule has 0 amide bonds. The zero-order valence-corrected chi connectivity index (χ0v) is 11.5. The lowest BCUT2D eigenvalue weighted by molar-refractivity contribution is 0.412. The molecule has 0 atom stereocenters. The minimum Gasteiger partial charge on any atom is -0.495 e. The normalized spacial score (nSPS) is 10.4. The van der Waals surface area contributed by atoms with Crippen LogP contribution in [0.1, 0.15) is 11.1 Å². The van der Waals surface area contributed by atoms with E-state index in [0.717, 1.165) is 15.6 Å². The van der Waals surface area contributed by atoms with Crippen LogP contribution in [0.5, 0.6) is 5.75 Å². The van der Waals surface area contributed by atoms with E-state index in [1.165, 1.54) is 12.1 Å². The first-order valence-corrected chi connectivity index (χ1v) is 6.26. The SMILES string of the molecule is COc1ccc(Cc2ccc(F)cc2)c(N)c1Br. The quantitative estimate of drug-likeness (QED) is 0.876. The first-order valence-electron chi connectivity index (χ1n) is 5.47. The van der Waals surface area contributed by atoms with Gasteiger partial charge in [0, 0.05) is 0 Å². The van der Waals surface area contributed by atoms with E-state index < -0.39 is 0 Å². The lowest BCUT2D eigenvalue weighted by Gasteiger charge is -2.11. The first kappa shape index (κ1) is 12.9. The largest absolute Gasteiger partial charge is 0.495 e. The van der Waals surface area contributed by atoms with Gasteiger partial charge in [0.05, 0.1) is 17.3 Å². The smallest absolute Gasteiger partial charge is 0.135 e. The van der Waals surface area contributed by atoms with Crippen molar-refractivity contribution in [2.24, 2.45) is 0 Å². The van der Waals surface area contributed by atoms with E-state index in [-0.39, 0.29) is 5.82 Å². The topological polar surface area (TPSA) is 35.2 Å². The van der Waals surface area contributed by atoms with Gasteiger partial charge in [-0.2, -0.15) is 0 Å². The molecule has 2 aromatic rings. The van der Waals surface area contributed by atoms with Gasteiger partial charge in [0.15, 0.2) is 0 Å². The average molecular weight is 310 g/mol. The van der Waals surface area contributed by atoms with E-state index >= 15 is 0 Å². The number of anilines is 1. The molecule has 4 heteroatoms. The maximum absolute atomic E-state index is 12.8. The van der Waals surface area contributed by atoms with Gasteiger partial charge in [0.25, 0.3) is 0 Å². The molecule has 2 rings (SSSR count). The van der Waals surface area contributed by atoms with Crippen LogP contribution < -0.4 is 10.5 Å². The fourth-order valence-electron chi connectivity index (χ4n) is 1.75. The number of rotatable bonds is 3. The summed E-state index contributed by atoms with van der Waals surface area (Å²) in [4.78, 5) is 0. The van der Waals surface area contributed by atoms with Crippen molar-refractivity contribution in [3.8, 4) is 5.75 Å². The third-order valence-electron chi connectivity index (χ3n) is 2.76. The molecule has 94 valence electrons. The van der Waals surface area contributed by atoms with E-state index in [1.807, 2.05) is 12.1 Å². The molecule has 2 N–H and O–H groups in total. The number of methoxy groups -OCH3 is 1. The highest BCUT2D eigenvalue weighted by molar-refractivity contribution is 9.10. The second-order valence-electron chi connectivity index (χ2n) is 3.96. The Morgan fingerprint density at radius 2 is 1.83 bits per heavy atom. The maximum Gasteiger partial charge on any atom is 0.135 e. The number of nitrogen functional groups attached to an aromatic ring is 1. The lowest BCUT2D eigenvalue weighted by atomic mass is 10.0. The number of hydrogen-bond donors (Lipinski definition) is 1. The van der Waals surface area contributed by atoms with Gasteiger partial charge in [0.1, 0.15) is 11.6 Å². The number of halogens is 2. The van der Waals surface area contributed by atoms with Crippen molar-refractivity contribution in [3.05, 3.63) is 57.8 Å². The number of ether oxygens (including phenoxy) is 1. The molecule has 0 saturated heterocycles. The van der Waals surface area contributed by atoms with Gasteiger partial charge in [-0.15, -0.1) is 0 Å². The van der Waals surface area contributed by atoms with Crippen molar-refractivity contribution in [2.45, 2.75) is 6.42 Å². The minimum absolute atomic E-state index is 0.234. The zero-order valence-electron chi connectivity index (χ0n) is 9.91. The van der Waals surface area contributed by atoms with Crippen LogP contribution in [-0.2, 0) is 6.42 Å². The van der Waals surface area contributed by atoms with E-state index in [2.05, 4.69) is 15.9 Å². The predicted octanol–water partition coefficient (Wildman–Crippen LogP) is 3.77. The summed E-state index contributed by atoms with van der Waals surface area (Å²) in [6.07, 6.45) is 0.661. The minimum atomic E-state index is -0.234. The van der Waals surface area contributed by atoms with Crippen molar-refractivity contribution in [1.82, 2.24) is 0 Å². The zero-order chi connectivity index (χ0) is 13.1. The van der Waals surface area contributed by atoms with E-state index in [0.29, 0.717) is 17.9 Å². The fourth-order valence-corrected chi connectivity index (χ4v) is 2.30. The summed E-state index contributed by atoms with van der Waals surface area (Å²) in [6, 6.07) is 10.2. The molecular formula is C14H13BrFNO. The number of benzene rings is 2. The Labute approximate surface area is 114 Å². The van der Waals surface area contributed by atoms with Gasteiger partial charge in [-0.3, -0.25) is 0 Å². The molecule has 2 nitrogen and oxygen atoms in total. The van der Waals surface area contributed by atoms with Gasteiger partial charge >= 0.3 is 0 Å². The van der Waals surface area contributed by atoms with Gasteiger partial charge in [-0.1, -0.05) is 18.2 Å². The fraction of sp³-hybridized carbons (Fsp3) is 0.143. The summed E-state index contributed by atoms with van der Waals surface area (Å²) in [6.45, 7) is 0. The highest BCUT2D eigenvalue weighted by atomic mass is 79.9. The summed E-state index contributed by atoms with van der Waals surface area (Å²) in [5.41, 5.74) is 8.68. The van der Waals surface area contributed by atoms with E-state index in [4.69, 9.17) is 10.5 Å². The molecule has 2 aromatic carbocycles. The molecule has 0 aliphatic carbocycles. The third-order valence-corrected chi connectivity index (χ3v) is 3.58. The van der Waals surface area contributed by atoms with Crippen molar-refractivity contribution in [2.75, 3.05) is 12.8 Å². The summed E-state index contributed by atoms with van der Waals surface area (Å²) in [5.74, 6) is 0.470. The van der Waals surface area contributed by atoms with Gasteiger partial charge in [-0.05, 0) is 51.7 Å². The molecule has 18 heavy (non-hydrogen) atoms. The molecule has 0 aromatic heterocycles. The van der Waals surface area contributed by atoms with Crippen molar-refractivity contribution >= 4 is 21.6 Å². The Morgan fingerprint density at radius 1 is 1.17 bits per heavy atom. The Bertz CT molecular complexity index is 554. The summed E-state index contributed by atoms with van der Waals surface area (Å²) >= 11 is 3.41. The van der Waals surface area contributed by atoms with Crippen LogP contribution >= 0.6 is 15.9 Å². The van der Waals surface area contributed by atoms with Crippen molar-refractivity contribution in [3.63, 3.8) is 0 Å². The number of hydrogen-bond acceptors (Lipinski definition) is 2. The molecule has 0 radical (unpaired) electrons. The summed E-state index contributed by atoms with van der Waals surface area (Å²) < 4.78 is 18.7. The second kappa shape index (κ2) is 5.40. The van der Waals surface area contributed by atoms with Crippen molar-refractivity contribution < 1.29 is 9.13 Å². The maximum atomic E-state index is 12.8. The van der Waals surface area contributed by atoms with E-state index in [9.17, 15) is 4.39 Å². The number of nitrogens with two attached hydrogens (primary N) is 1. The van der Waals surface area contributed by atoms with Gasteiger partial charge in [-0.25, -0.2) is 4.39 Å². The van der Waals surface area contributed by atoms with Crippen LogP contribution in [0.4, 0.5) is 10.1 Å².